The Hall–Kier alpha value is -0.930. The summed E-state index contributed by atoms with van der Waals surface area (Å²) in [6, 6.07) is 3.35. The average molecular weight is 249 g/mol. The minimum absolute atomic E-state index is 0.124. The summed E-state index contributed by atoms with van der Waals surface area (Å²) in [5, 5.41) is 0. The van der Waals surface area contributed by atoms with Crippen molar-refractivity contribution in [2.45, 2.75) is 45.4 Å². The Balaban J connectivity index is 1.89. The topological polar surface area (TPSA) is 12.5 Å². The zero-order chi connectivity index (χ0) is 12.5. The standard InChI is InChI=1S/C15H20FNO/c1-11-6-15-12(9-17-4-2-3-5-17)7-14(16)8-13(15)10-18-11/h7-8,11H,2-6,9-10H2,1H3. The Morgan fingerprint density at radius 1 is 1.33 bits per heavy atom. The van der Waals surface area contributed by atoms with Gasteiger partial charge in [0.1, 0.15) is 5.82 Å². The van der Waals surface area contributed by atoms with E-state index in [1.165, 1.54) is 24.0 Å². The molecule has 1 aromatic carbocycles. The molecular formula is C15H20FNO. The molecule has 0 bridgehead atoms. The molecule has 98 valence electrons. The van der Waals surface area contributed by atoms with E-state index >= 15 is 0 Å². The third kappa shape index (κ3) is 2.43. The van der Waals surface area contributed by atoms with Crippen molar-refractivity contribution >= 4 is 0 Å². The summed E-state index contributed by atoms with van der Waals surface area (Å²) in [6.45, 7) is 5.84. The molecule has 2 heterocycles. The lowest BCUT2D eigenvalue weighted by Crippen LogP contribution is -2.24. The summed E-state index contributed by atoms with van der Waals surface area (Å²) in [6.07, 6.45) is 3.72. The Kier molecular flexibility index (Phi) is 3.35. The summed E-state index contributed by atoms with van der Waals surface area (Å²) < 4.78 is 19.3. The van der Waals surface area contributed by atoms with E-state index in [4.69, 9.17) is 4.74 Å². The fraction of sp³-hybridized carbons (Fsp3) is 0.600. The first-order chi connectivity index (χ1) is 8.72. The molecule has 0 aromatic heterocycles. The van der Waals surface area contributed by atoms with Crippen LogP contribution in [-0.4, -0.2) is 24.1 Å². The van der Waals surface area contributed by atoms with Crippen molar-refractivity contribution in [1.82, 2.24) is 4.90 Å². The molecule has 1 atom stereocenters. The third-order valence-electron chi connectivity index (χ3n) is 4.01. The minimum atomic E-state index is -0.124. The molecule has 0 N–H and O–H groups in total. The van der Waals surface area contributed by atoms with Crippen LogP contribution in [0.4, 0.5) is 4.39 Å². The maximum absolute atomic E-state index is 13.7. The van der Waals surface area contributed by atoms with Gasteiger partial charge in [0.2, 0.25) is 0 Å². The zero-order valence-corrected chi connectivity index (χ0v) is 10.9. The van der Waals surface area contributed by atoms with E-state index in [9.17, 15) is 4.39 Å². The van der Waals surface area contributed by atoms with Gasteiger partial charge >= 0.3 is 0 Å². The normalized spacial score (nSPS) is 24.2. The number of ether oxygens (including phenoxy) is 1. The van der Waals surface area contributed by atoms with E-state index < -0.39 is 0 Å². The molecule has 0 saturated carbocycles. The summed E-state index contributed by atoms with van der Waals surface area (Å²) in [7, 11) is 0. The molecule has 2 aliphatic heterocycles. The fourth-order valence-corrected chi connectivity index (χ4v) is 3.05. The van der Waals surface area contributed by atoms with Crippen molar-refractivity contribution in [3.63, 3.8) is 0 Å². The summed E-state index contributed by atoms with van der Waals surface area (Å²) >= 11 is 0. The zero-order valence-electron chi connectivity index (χ0n) is 10.9. The number of hydrogen-bond donors (Lipinski definition) is 0. The van der Waals surface area contributed by atoms with Crippen LogP contribution in [0.3, 0.4) is 0 Å². The van der Waals surface area contributed by atoms with Gasteiger partial charge in [-0.2, -0.15) is 0 Å². The number of benzene rings is 1. The average Bonchev–Trinajstić information content (AvgIpc) is 2.83. The van der Waals surface area contributed by atoms with Gasteiger partial charge in [0, 0.05) is 6.54 Å². The van der Waals surface area contributed by atoms with Crippen LogP contribution >= 0.6 is 0 Å². The molecule has 3 heteroatoms. The SMILES string of the molecule is CC1Cc2c(cc(F)cc2CN2CCCC2)CO1. The van der Waals surface area contributed by atoms with Gasteiger partial charge in [0.25, 0.3) is 0 Å². The largest absolute Gasteiger partial charge is 0.373 e. The van der Waals surface area contributed by atoms with E-state index in [0.29, 0.717) is 6.61 Å². The van der Waals surface area contributed by atoms with Crippen LogP contribution in [-0.2, 0) is 24.3 Å². The second-order valence-electron chi connectivity index (χ2n) is 5.51. The van der Waals surface area contributed by atoms with Crippen LogP contribution in [0.25, 0.3) is 0 Å². The molecule has 3 rings (SSSR count). The Morgan fingerprint density at radius 3 is 2.89 bits per heavy atom. The molecule has 0 spiro atoms. The lowest BCUT2D eigenvalue weighted by molar-refractivity contribution is 0.0403. The van der Waals surface area contributed by atoms with Gasteiger partial charge in [-0.25, -0.2) is 4.39 Å². The second kappa shape index (κ2) is 4.98. The third-order valence-corrected chi connectivity index (χ3v) is 4.01. The van der Waals surface area contributed by atoms with Crippen LogP contribution in [0.5, 0.6) is 0 Å². The highest BCUT2D eigenvalue weighted by atomic mass is 19.1. The molecule has 1 fully saturated rings. The van der Waals surface area contributed by atoms with Crippen molar-refractivity contribution in [3.05, 3.63) is 34.6 Å². The second-order valence-corrected chi connectivity index (χ2v) is 5.51. The smallest absolute Gasteiger partial charge is 0.123 e. The highest BCUT2D eigenvalue weighted by molar-refractivity contribution is 5.37. The van der Waals surface area contributed by atoms with Gasteiger partial charge in [-0.05, 0) is 68.1 Å². The van der Waals surface area contributed by atoms with E-state index in [1.54, 1.807) is 12.1 Å². The van der Waals surface area contributed by atoms with Crippen LogP contribution in [0.1, 0.15) is 36.5 Å². The Morgan fingerprint density at radius 2 is 2.11 bits per heavy atom. The number of halogens is 1. The van der Waals surface area contributed by atoms with Crippen molar-refractivity contribution in [2.75, 3.05) is 13.1 Å². The first-order valence-corrected chi connectivity index (χ1v) is 6.86. The molecule has 18 heavy (non-hydrogen) atoms. The molecule has 2 nitrogen and oxygen atoms in total. The first-order valence-electron chi connectivity index (χ1n) is 6.86. The van der Waals surface area contributed by atoms with Crippen LogP contribution < -0.4 is 0 Å². The van der Waals surface area contributed by atoms with Crippen molar-refractivity contribution in [2.24, 2.45) is 0 Å². The van der Waals surface area contributed by atoms with E-state index in [0.717, 1.165) is 31.6 Å². The first kappa shape index (κ1) is 12.1. The molecule has 0 aliphatic carbocycles. The molecule has 1 saturated heterocycles. The molecule has 1 unspecified atom stereocenters. The summed E-state index contributed by atoms with van der Waals surface area (Å²) in [4.78, 5) is 2.43. The van der Waals surface area contributed by atoms with Gasteiger partial charge in [0.05, 0.1) is 12.7 Å². The molecule has 1 aromatic rings. The van der Waals surface area contributed by atoms with Gasteiger partial charge in [-0.1, -0.05) is 0 Å². The van der Waals surface area contributed by atoms with Crippen molar-refractivity contribution in [1.29, 1.82) is 0 Å². The van der Waals surface area contributed by atoms with Gasteiger partial charge in [-0.15, -0.1) is 0 Å². The minimum Gasteiger partial charge on any atom is -0.373 e. The molecule has 0 radical (unpaired) electrons. The van der Waals surface area contributed by atoms with Gasteiger partial charge in [-0.3, -0.25) is 4.90 Å². The van der Waals surface area contributed by atoms with Gasteiger partial charge in [0.15, 0.2) is 0 Å². The summed E-state index contributed by atoms with van der Waals surface area (Å²) in [5.41, 5.74) is 3.53. The lowest BCUT2D eigenvalue weighted by Gasteiger charge is -2.26. The predicted molar refractivity (Wildman–Crippen MR) is 68.9 cm³/mol. The lowest BCUT2D eigenvalue weighted by atomic mass is 9.94. The highest BCUT2D eigenvalue weighted by Crippen LogP contribution is 2.27. The van der Waals surface area contributed by atoms with E-state index in [1.807, 2.05) is 0 Å². The summed E-state index contributed by atoms with van der Waals surface area (Å²) in [5.74, 6) is -0.124. The van der Waals surface area contributed by atoms with Crippen LogP contribution in [0.15, 0.2) is 12.1 Å². The number of likely N-dealkylation sites (tertiary alicyclic amines) is 1. The quantitative estimate of drug-likeness (QED) is 0.799. The van der Waals surface area contributed by atoms with E-state index in [2.05, 4.69) is 11.8 Å². The molecular weight excluding hydrogens is 229 g/mol. The monoisotopic (exact) mass is 249 g/mol. The predicted octanol–water partition coefficient (Wildman–Crippen LogP) is 2.88. The number of nitrogens with zero attached hydrogens (tertiary/aromatic N) is 1. The highest BCUT2D eigenvalue weighted by Gasteiger charge is 2.21. The van der Waals surface area contributed by atoms with Crippen molar-refractivity contribution in [3.8, 4) is 0 Å². The number of hydrogen-bond acceptors (Lipinski definition) is 2. The molecule has 2 aliphatic rings. The molecule has 0 amide bonds. The number of fused-ring (bicyclic) bond motifs is 1. The van der Waals surface area contributed by atoms with Crippen LogP contribution in [0.2, 0.25) is 0 Å². The maximum Gasteiger partial charge on any atom is 0.123 e. The Bertz CT molecular complexity index is 440. The van der Waals surface area contributed by atoms with Gasteiger partial charge < -0.3 is 4.74 Å². The number of rotatable bonds is 2. The maximum atomic E-state index is 13.7. The van der Waals surface area contributed by atoms with E-state index in [-0.39, 0.29) is 11.9 Å². The van der Waals surface area contributed by atoms with Crippen LogP contribution in [0, 0.1) is 5.82 Å². The van der Waals surface area contributed by atoms with Crippen molar-refractivity contribution < 1.29 is 9.13 Å². The Labute approximate surface area is 108 Å². The fourth-order valence-electron chi connectivity index (χ4n) is 3.05.